The molecule has 0 spiro atoms. The summed E-state index contributed by atoms with van der Waals surface area (Å²) < 4.78 is 24.0. The minimum absolute atomic E-state index is 0.0153. The maximum absolute atomic E-state index is 11.9. The van der Waals surface area contributed by atoms with Crippen LogP contribution in [0.4, 0.5) is 0 Å². The van der Waals surface area contributed by atoms with Crippen LogP contribution >= 0.6 is 0 Å². The first-order chi connectivity index (χ1) is 8.40. The molecule has 106 valence electrons. The number of amides is 1. The van der Waals surface area contributed by atoms with Crippen molar-refractivity contribution in [1.82, 2.24) is 15.4 Å². The van der Waals surface area contributed by atoms with E-state index in [4.69, 9.17) is 0 Å². The number of sulfonamides is 1. The van der Waals surface area contributed by atoms with E-state index in [9.17, 15) is 13.2 Å². The van der Waals surface area contributed by atoms with Gasteiger partial charge < -0.3 is 10.6 Å². The van der Waals surface area contributed by atoms with Gasteiger partial charge in [0.1, 0.15) is 0 Å². The van der Waals surface area contributed by atoms with Crippen LogP contribution in [-0.2, 0) is 14.8 Å². The van der Waals surface area contributed by atoms with Gasteiger partial charge in [0.25, 0.3) is 0 Å². The van der Waals surface area contributed by atoms with Gasteiger partial charge in [-0.1, -0.05) is 6.92 Å². The largest absolute Gasteiger partial charge is 0.355 e. The summed E-state index contributed by atoms with van der Waals surface area (Å²) in [5, 5.41) is 6.04. The van der Waals surface area contributed by atoms with Crippen LogP contribution in [0.2, 0.25) is 0 Å². The average molecular weight is 277 g/mol. The molecule has 0 aromatic rings. The smallest absolute Gasteiger partial charge is 0.237 e. The van der Waals surface area contributed by atoms with Crippen LogP contribution in [0.15, 0.2) is 0 Å². The summed E-state index contributed by atoms with van der Waals surface area (Å²) >= 11 is 0. The second-order valence-corrected chi connectivity index (χ2v) is 6.70. The summed E-state index contributed by atoms with van der Waals surface area (Å²) in [6, 6.07) is -0.110. The Labute approximate surface area is 109 Å². The monoisotopic (exact) mass is 277 g/mol. The van der Waals surface area contributed by atoms with Crippen LogP contribution in [0, 0.1) is 5.92 Å². The molecule has 1 aliphatic rings. The van der Waals surface area contributed by atoms with E-state index in [1.807, 2.05) is 0 Å². The van der Waals surface area contributed by atoms with E-state index in [2.05, 4.69) is 22.3 Å². The van der Waals surface area contributed by atoms with Gasteiger partial charge in [-0.05, 0) is 31.7 Å². The van der Waals surface area contributed by atoms with Crippen LogP contribution in [0.1, 0.15) is 26.2 Å². The zero-order valence-electron chi connectivity index (χ0n) is 11.0. The molecule has 3 N–H and O–H groups in total. The van der Waals surface area contributed by atoms with Gasteiger partial charge in [0, 0.05) is 13.1 Å². The Morgan fingerprint density at radius 2 is 2.11 bits per heavy atom. The van der Waals surface area contributed by atoms with Gasteiger partial charge in [0.15, 0.2) is 0 Å². The van der Waals surface area contributed by atoms with E-state index < -0.39 is 10.0 Å². The first-order valence-corrected chi connectivity index (χ1v) is 8.25. The second-order valence-electron chi connectivity index (χ2n) is 4.86. The van der Waals surface area contributed by atoms with E-state index in [0.717, 1.165) is 25.6 Å². The minimum Gasteiger partial charge on any atom is -0.355 e. The van der Waals surface area contributed by atoms with E-state index in [1.165, 1.54) is 0 Å². The number of carbonyl (C=O) groups excluding carboxylic acids is 1. The predicted octanol–water partition coefficient (Wildman–Crippen LogP) is -0.570. The molecule has 1 heterocycles. The third-order valence-electron chi connectivity index (χ3n) is 3.07. The molecule has 1 fully saturated rings. The molecule has 1 rings (SSSR count). The van der Waals surface area contributed by atoms with Crippen molar-refractivity contribution in [2.45, 2.75) is 32.2 Å². The van der Waals surface area contributed by atoms with Crippen LogP contribution in [0.25, 0.3) is 0 Å². The summed E-state index contributed by atoms with van der Waals surface area (Å²) in [5.74, 6) is 0.370. The van der Waals surface area contributed by atoms with Crippen LogP contribution in [-0.4, -0.2) is 46.3 Å². The maximum atomic E-state index is 11.9. The van der Waals surface area contributed by atoms with E-state index in [1.54, 1.807) is 0 Å². The maximum Gasteiger partial charge on any atom is 0.237 e. The minimum atomic E-state index is -3.13. The number of hydrogen-bond donors (Lipinski definition) is 3. The molecule has 0 saturated carbocycles. The summed E-state index contributed by atoms with van der Waals surface area (Å²) in [4.78, 5) is 11.9. The average Bonchev–Trinajstić information content (AvgIpc) is 2.27. The summed E-state index contributed by atoms with van der Waals surface area (Å²) in [6.45, 7) is 3.80. The first-order valence-electron chi connectivity index (χ1n) is 6.36. The van der Waals surface area contributed by atoms with E-state index in [-0.39, 0.29) is 11.9 Å². The lowest BCUT2D eigenvalue weighted by Crippen LogP contribution is -2.51. The normalized spacial score (nSPS) is 24.8. The van der Waals surface area contributed by atoms with Gasteiger partial charge in [0.05, 0.1) is 12.3 Å². The summed E-state index contributed by atoms with van der Waals surface area (Å²) in [7, 11) is -3.13. The molecule has 0 bridgehead atoms. The Kier molecular flexibility index (Phi) is 6.04. The number of rotatable bonds is 6. The van der Waals surface area contributed by atoms with Crippen molar-refractivity contribution in [3.63, 3.8) is 0 Å². The third kappa shape index (κ3) is 5.79. The lowest BCUT2D eigenvalue weighted by Gasteiger charge is -2.28. The molecule has 1 saturated heterocycles. The number of nitrogens with one attached hydrogen (secondary N) is 3. The highest BCUT2D eigenvalue weighted by Gasteiger charge is 2.26. The fourth-order valence-corrected chi connectivity index (χ4v) is 2.58. The fraction of sp³-hybridized carbons (Fsp3) is 0.909. The molecule has 0 aliphatic carbocycles. The Balaban J connectivity index is 2.17. The molecule has 2 unspecified atom stereocenters. The quantitative estimate of drug-likeness (QED) is 0.567. The predicted molar refractivity (Wildman–Crippen MR) is 70.7 cm³/mol. The van der Waals surface area contributed by atoms with Crippen molar-refractivity contribution in [1.29, 1.82) is 0 Å². The topological polar surface area (TPSA) is 87.3 Å². The third-order valence-corrected chi connectivity index (χ3v) is 3.80. The number of carbonyl (C=O) groups is 1. The highest BCUT2D eigenvalue weighted by molar-refractivity contribution is 7.88. The Morgan fingerprint density at radius 3 is 2.72 bits per heavy atom. The van der Waals surface area contributed by atoms with E-state index in [0.29, 0.717) is 25.4 Å². The van der Waals surface area contributed by atoms with Crippen molar-refractivity contribution in [3.8, 4) is 0 Å². The Hall–Kier alpha value is -0.660. The Morgan fingerprint density at radius 1 is 1.39 bits per heavy atom. The fourth-order valence-electron chi connectivity index (χ4n) is 2.07. The molecule has 1 aliphatic heterocycles. The van der Waals surface area contributed by atoms with Crippen molar-refractivity contribution >= 4 is 15.9 Å². The van der Waals surface area contributed by atoms with Crippen LogP contribution in [0.5, 0.6) is 0 Å². The lowest BCUT2D eigenvalue weighted by molar-refractivity contribution is -0.124. The molecular weight excluding hydrogens is 254 g/mol. The van der Waals surface area contributed by atoms with Crippen molar-refractivity contribution in [2.75, 3.05) is 25.9 Å². The van der Waals surface area contributed by atoms with Crippen LogP contribution < -0.4 is 15.4 Å². The standard InChI is InChI=1S/C11H23N3O3S/c1-9-5-3-6-12-10(9)11(15)13-7-4-8-14-18(2,16)17/h9-10,12,14H,3-8H2,1-2H3,(H,13,15). The molecule has 1 amide bonds. The van der Waals surface area contributed by atoms with Gasteiger partial charge in [-0.2, -0.15) is 0 Å². The zero-order chi connectivity index (χ0) is 13.6. The lowest BCUT2D eigenvalue weighted by atomic mass is 9.92. The van der Waals surface area contributed by atoms with Crippen LogP contribution in [0.3, 0.4) is 0 Å². The molecular formula is C11H23N3O3S. The molecule has 18 heavy (non-hydrogen) atoms. The molecule has 0 radical (unpaired) electrons. The summed E-state index contributed by atoms with van der Waals surface area (Å²) in [5.41, 5.74) is 0. The summed E-state index contributed by atoms with van der Waals surface area (Å²) in [6.07, 6.45) is 3.91. The Bertz CT molecular complexity index is 370. The molecule has 0 aromatic carbocycles. The molecule has 0 aromatic heterocycles. The van der Waals surface area contributed by atoms with Gasteiger partial charge in [-0.3, -0.25) is 4.79 Å². The molecule has 2 atom stereocenters. The first kappa shape index (κ1) is 15.4. The number of hydrogen-bond acceptors (Lipinski definition) is 4. The molecule has 6 nitrogen and oxygen atoms in total. The SMILES string of the molecule is CC1CCCNC1C(=O)NCCCNS(C)(=O)=O. The van der Waals surface area contributed by atoms with Gasteiger partial charge in [-0.15, -0.1) is 0 Å². The highest BCUT2D eigenvalue weighted by Crippen LogP contribution is 2.15. The highest BCUT2D eigenvalue weighted by atomic mass is 32.2. The zero-order valence-corrected chi connectivity index (χ0v) is 11.8. The number of piperidine rings is 1. The van der Waals surface area contributed by atoms with Gasteiger partial charge in [-0.25, -0.2) is 13.1 Å². The van der Waals surface area contributed by atoms with Crippen molar-refractivity contribution in [3.05, 3.63) is 0 Å². The van der Waals surface area contributed by atoms with Crippen molar-refractivity contribution in [2.24, 2.45) is 5.92 Å². The van der Waals surface area contributed by atoms with Gasteiger partial charge in [0.2, 0.25) is 15.9 Å². The van der Waals surface area contributed by atoms with Crippen molar-refractivity contribution < 1.29 is 13.2 Å². The molecule has 7 heteroatoms. The van der Waals surface area contributed by atoms with Gasteiger partial charge >= 0.3 is 0 Å². The van der Waals surface area contributed by atoms with E-state index >= 15 is 0 Å². The second kappa shape index (κ2) is 7.06.